The largest absolute Gasteiger partial charge is 0.383 e. The van der Waals surface area contributed by atoms with Crippen molar-refractivity contribution in [3.05, 3.63) is 34.6 Å². The highest BCUT2D eigenvalue weighted by atomic mass is 35.5. The number of hydrogen-bond acceptors (Lipinski definition) is 3. The monoisotopic (exact) mass is 281 g/mol. The minimum Gasteiger partial charge on any atom is -0.383 e. The summed E-state index contributed by atoms with van der Waals surface area (Å²) in [4.78, 5) is 15.8. The lowest BCUT2D eigenvalue weighted by Gasteiger charge is -2.18. The zero-order valence-corrected chi connectivity index (χ0v) is 11.4. The Morgan fingerprint density at radius 1 is 1.56 bits per heavy atom. The Hall–Kier alpha value is -1.02. The highest BCUT2D eigenvalue weighted by molar-refractivity contribution is 7.45. The molecule has 94 valence electrons. The Morgan fingerprint density at radius 3 is 3.00 bits per heavy atom. The molecular formula is C13H13ClNO2P. The number of carbonyl (C=O) groups is 1. The molecule has 1 aromatic rings. The first-order valence-corrected chi connectivity index (χ1v) is 7.12. The molecule has 0 aliphatic heterocycles. The summed E-state index contributed by atoms with van der Waals surface area (Å²) in [6.07, 6.45) is 8.31. The number of aromatic nitrogens is 1. The predicted octanol–water partition coefficient (Wildman–Crippen LogP) is 2.45. The molecule has 0 aromatic carbocycles. The smallest absolute Gasteiger partial charge is 0.161 e. The highest BCUT2D eigenvalue weighted by Crippen LogP contribution is 2.30. The third-order valence-electron chi connectivity index (χ3n) is 2.92. The number of aliphatic hydroxyl groups excluding tert-OH is 1. The lowest BCUT2D eigenvalue weighted by atomic mass is 9.91. The predicted molar refractivity (Wildman–Crippen MR) is 74.8 cm³/mol. The topological polar surface area (TPSA) is 50.2 Å². The number of nitrogens with zero attached hydrogens (tertiary/aromatic N) is 1. The first-order chi connectivity index (χ1) is 8.63. The van der Waals surface area contributed by atoms with Crippen molar-refractivity contribution in [1.29, 1.82) is 0 Å². The molecule has 18 heavy (non-hydrogen) atoms. The maximum atomic E-state index is 11.8. The normalized spacial score (nSPS) is 17.7. The van der Waals surface area contributed by atoms with Crippen LogP contribution in [0.1, 0.15) is 30.9 Å². The molecule has 3 nitrogen and oxygen atoms in total. The van der Waals surface area contributed by atoms with Crippen molar-refractivity contribution >= 4 is 37.2 Å². The van der Waals surface area contributed by atoms with Gasteiger partial charge < -0.3 is 5.11 Å². The number of halogens is 1. The fourth-order valence-electron chi connectivity index (χ4n) is 1.94. The number of allylic oxidation sites excluding steroid dienone is 1. The van der Waals surface area contributed by atoms with Crippen LogP contribution in [0.4, 0.5) is 0 Å². The van der Waals surface area contributed by atoms with Crippen LogP contribution in [0.5, 0.6) is 0 Å². The first-order valence-electron chi connectivity index (χ1n) is 5.67. The van der Waals surface area contributed by atoms with Gasteiger partial charge in [0.2, 0.25) is 0 Å². The van der Waals surface area contributed by atoms with Gasteiger partial charge in [-0.3, -0.25) is 4.79 Å². The van der Waals surface area contributed by atoms with Gasteiger partial charge in [-0.05, 0) is 18.9 Å². The molecule has 0 amide bonds. The summed E-state index contributed by atoms with van der Waals surface area (Å²) in [6.45, 7) is 0. The molecule has 1 aliphatic rings. The average molecular weight is 282 g/mol. The summed E-state index contributed by atoms with van der Waals surface area (Å²) in [6, 6.07) is 1.75. The summed E-state index contributed by atoms with van der Waals surface area (Å²) in [7, 11) is 0.801. The number of rotatable bonds is 3. The Bertz CT molecular complexity index is 528. The summed E-state index contributed by atoms with van der Waals surface area (Å²) >= 11 is 5.98. The first kappa shape index (κ1) is 13.4. The molecule has 1 heterocycles. The number of aliphatic hydroxyl groups is 1. The summed E-state index contributed by atoms with van der Waals surface area (Å²) < 4.78 is 0. The zero-order valence-electron chi connectivity index (χ0n) is 9.77. The SMILES string of the molecule is C=Pc1cnc(Cl)c(C(O)C2=CCCCC2=O)c1. The van der Waals surface area contributed by atoms with Gasteiger partial charge in [-0.25, -0.2) is 4.98 Å². The summed E-state index contributed by atoms with van der Waals surface area (Å²) in [5.41, 5.74) is 0.912. The molecule has 1 aromatic heterocycles. The van der Waals surface area contributed by atoms with Gasteiger partial charge in [0.15, 0.2) is 5.78 Å². The van der Waals surface area contributed by atoms with E-state index in [4.69, 9.17) is 11.6 Å². The summed E-state index contributed by atoms with van der Waals surface area (Å²) in [5, 5.41) is 11.4. The van der Waals surface area contributed by atoms with Gasteiger partial charge in [-0.15, -0.1) is 0 Å². The fraction of sp³-hybridized carbons (Fsp3) is 0.308. The van der Waals surface area contributed by atoms with Gasteiger partial charge in [0.1, 0.15) is 11.3 Å². The third kappa shape index (κ3) is 2.69. The molecule has 0 bridgehead atoms. The average Bonchev–Trinajstić information content (AvgIpc) is 2.39. The number of Topliss-reactive ketones (excluding diaryl/α,β-unsaturated/α-hetero) is 1. The molecule has 1 aliphatic carbocycles. The number of carbonyl (C=O) groups excluding carboxylic acids is 1. The van der Waals surface area contributed by atoms with E-state index >= 15 is 0 Å². The Labute approximate surface area is 112 Å². The van der Waals surface area contributed by atoms with Crippen molar-refractivity contribution in [2.24, 2.45) is 0 Å². The van der Waals surface area contributed by atoms with Gasteiger partial charge in [0.25, 0.3) is 0 Å². The standard InChI is InChI=1S/C13H13ClNO2P/c1-18-8-6-10(13(14)15-7-8)12(17)9-4-2-3-5-11(9)16/h4,6-7,12,17H,1-3,5H2. The van der Waals surface area contributed by atoms with Gasteiger partial charge in [-0.2, -0.15) is 0 Å². The van der Waals surface area contributed by atoms with E-state index in [1.807, 2.05) is 0 Å². The molecule has 1 unspecified atom stereocenters. The van der Waals surface area contributed by atoms with Crippen LogP contribution in [-0.4, -0.2) is 22.2 Å². The maximum absolute atomic E-state index is 11.8. The maximum Gasteiger partial charge on any atom is 0.161 e. The second-order valence-corrected chi connectivity index (χ2v) is 5.30. The fourth-order valence-corrected chi connectivity index (χ4v) is 2.52. The van der Waals surface area contributed by atoms with E-state index in [-0.39, 0.29) is 10.9 Å². The van der Waals surface area contributed by atoms with Gasteiger partial charge in [0.05, 0.1) is 0 Å². The quantitative estimate of drug-likeness (QED) is 0.684. The van der Waals surface area contributed by atoms with Gasteiger partial charge in [0, 0.05) is 29.1 Å². The second kappa shape index (κ2) is 5.75. The molecule has 2 rings (SSSR count). The minimum absolute atomic E-state index is 0.0117. The van der Waals surface area contributed by atoms with E-state index in [1.165, 1.54) is 0 Å². The zero-order chi connectivity index (χ0) is 13.1. The Kier molecular flexibility index (Phi) is 4.28. The molecule has 5 heteroatoms. The molecule has 0 saturated carbocycles. The molecular weight excluding hydrogens is 269 g/mol. The Morgan fingerprint density at radius 2 is 2.33 bits per heavy atom. The van der Waals surface area contributed by atoms with Crippen LogP contribution in [0.2, 0.25) is 5.15 Å². The van der Waals surface area contributed by atoms with E-state index in [2.05, 4.69) is 11.3 Å². The van der Waals surface area contributed by atoms with Crippen LogP contribution in [0, 0.1) is 0 Å². The van der Waals surface area contributed by atoms with Crippen LogP contribution in [-0.2, 0) is 4.79 Å². The van der Waals surface area contributed by atoms with Crippen molar-refractivity contribution in [1.82, 2.24) is 4.98 Å². The molecule has 0 spiro atoms. The summed E-state index contributed by atoms with van der Waals surface area (Å²) in [5.74, 6) is -0.0117. The van der Waals surface area contributed by atoms with Crippen LogP contribution >= 0.6 is 19.8 Å². The number of pyridine rings is 1. The van der Waals surface area contributed by atoms with Crippen LogP contribution in [0.3, 0.4) is 0 Å². The van der Waals surface area contributed by atoms with E-state index in [0.717, 1.165) is 26.4 Å². The number of hydrogen-bond donors (Lipinski definition) is 1. The van der Waals surface area contributed by atoms with Crippen molar-refractivity contribution in [3.63, 3.8) is 0 Å². The highest BCUT2D eigenvalue weighted by Gasteiger charge is 2.24. The van der Waals surface area contributed by atoms with Gasteiger partial charge in [-0.1, -0.05) is 32.2 Å². The van der Waals surface area contributed by atoms with E-state index in [1.54, 1.807) is 18.3 Å². The molecule has 0 fully saturated rings. The van der Waals surface area contributed by atoms with Crippen LogP contribution < -0.4 is 5.30 Å². The minimum atomic E-state index is -0.987. The van der Waals surface area contributed by atoms with Crippen LogP contribution in [0.15, 0.2) is 23.9 Å². The van der Waals surface area contributed by atoms with E-state index < -0.39 is 6.10 Å². The second-order valence-electron chi connectivity index (χ2n) is 4.11. The van der Waals surface area contributed by atoms with Crippen molar-refractivity contribution in [3.8, 4) is 0 Å². The van der Waals surface area contributed by atoms with Gasteiger partial charge >= 0.3 is 0 Å². The van der Waals surface area contributed by atoms with Crippen molar-refractivity contribution in [2.75, 3.05) is 0 Å². The lowest BCUT2D eigenvalue weighted by Crippen LogP contribution is -2.16. The molecule has 1 atom stereocenters. The number of ketones is 1. The van der Waals surface area contributed by atoms with E-state index in [0.29, 0.717) is 17.6 Å². The molecule has 0 saturated heterocycles. The van der Waals surface area contributed by atoms with Crippen molar-refractivity contribution in [2.45, 2.75) is 25.4 Å². The Balaban J connectivity index is 2.38. The van der Waals surface area contributed by atoms with Crippen molar-refractivity contribution < 1.29 is 9.90 Å². The molecule has 1 N–H and O–H groups in total. The third-order valence-corrected chi connectivity index (χ3v) is 3.84. The van der Waals surface area contributed by atoms with Crippen LogP contribution in [0.25, 0.3) is 0 Å². The van der Waals surface area contributed by atoms with E-state index in [9.17, 15) is 9.90 Å². The lowest BCUT2D eigenvalue weighted by molar-refractivity contribution is -0.117. The molecule has 0 radical (unpaired) electrons.